The summed E-state index contributed by atoms with van der Waals surface area (Å²) in [5.41, 5.74) is 6.59. The van der Waals surface area contributed by atoms with Crippen molar-refractivity contribution in [1.29, 1.82) is 0 Å². The molecule has 3 amide bonds. The van der Waals surface area contributed by atoms with Crippen molar-refractivity contribution in [2.24, 2.45) is 5.73 Å². The van der Waals surface area contributed by atoms with E-state index < -0.39 is 54.0 Å². The molecule has 0 radical (unpaired) electrons. The number of phenols is 1. The first kappa shape index (κ1) is 26.2. The Hall–Kier alpha value is -2.83. The number of benzene rings is 1. The third kappa shape index (κ3) is 8.44. The van der Waals surface area contributed by atoms with Gasteiger partial charge in [-0.3, -0.25) is 14.4 Å². The minimum absolute atomic E-state index is 0.0786. The molecule has 31 heavy (non-hydrogen) atoms. The largest absolute Gasteiger partial charge is 0.508 e. The standard InChI is InChI=1S/C19H28N4O7S/c1-9(16(26)23-15(10(2)24)19(29)30)21-18(28)14(8-31)22-17(27)13(20)7-11-3-5-12(25)6-4-11/h3-6,9-10,13-15,24-25,31H,7-8,20H2,1-2H3,(H,21,28)(H,22,27)(H,23,26)(H,29,30). The fourth-order valence-electron chi connectivity index (χ4n) is 2.50. The maximum absolute atomic E-state index is 12.4. The van der Waals surface area contributed by atoms with E-state index in [-0.39, 0.29) is 17.9 Å². The van der Waals surface area contributed by atoms with E-state index >= 15 is 0 Å². The van der Waals surface area contributed by atoms with Gasteiger partial charge in [-0.1, -0.05) is 12.1 Å². The minimum Gasteiger partial charge on any atom is -0.508 e. The first-order valence-electron chi connectivity index (χ1n) is 9.42. The van der Waals surface area contributed by atoms with Crippen LogP contribution >= 0.6 is 12.6 Å². The van der Waals surface area contributed by atoms with Crippen LogP contribution in [0.25, 0.3) is 0 Å². The van der Waals surface area contributed by atoms with Crippen molar-refractivity contribution < 1.29 is 34.5 Å². The van der Waals surface area contributed by atoms with Gasteiger partial charge in [-0.2, -0.15) is 12.6 Å². The molecule has 12 heteroatoms. The van der Waals surface area contributed by atoms with E-state index in [1.54, 1.807) is 12.1 Å². The Morgan fingerprint density at radius 3 is 2.06 bits per heavy atom. The van der Waals surface area contributed by atoms with Crippen LogP contribution in [0.4, 0.5) is 0 Å². The molecule has 0 fully saturated rings. The van der Waals surface area contributed by atoms with E-state index in [9.17, 15) is 29.4 Å². The predicted octanol–water partition coefficient (Wildman–Crippen LogP) is -1.87. The molecule has 8 N–H and O–H groups in total. The molecule has 1 aromatic carbocycles. The summed E-state index contributed by atoms with van der Waals surface area (Å²) in [6.45, 7) is 2.53. The highest BCUT2D eigenvalue weighted by molar-refractivity contribution is 7.80. The topological polar surface area (TPSA) is 191 Å². The van der Waals surface area contributed by atoms with Crippen molar-refractivity contribution in [2.45, 2.75) is 50.5 Å². The van der Waals surface area contributed by atoms with Gasteiger partial charge in [0.25, 0.3) is 0 Å². The van der Waals surface area contributed by atoms with E-state index in [0.29, 0.717) is 5.56 Å². The van der Waals surface area contributed by atoms with Crippen molar-refractivity contribution in [1.82, 2.24) is 16.0 Å². The zero-order valence-corrected chi connectivity index (χ0v) is 18.0. The number of rotatable bonds is 11. The van der Waals surface area contributed by atoms with Crippen LogP contribution in [0.5, 0.6) is 5.75 Å². The van der Waals surface area contributed by atoms with Gasteiger partial charge in [-0.05, 0) is 38.0 Å². The SMILES string of the molecule is CC(NC(=O)C(CS)NC(=O)C(N)Cc1ccc(O)cc1)C(=O)NC(C(=O)O)C(C)O. The van der Waals surface area contributed by atoms with Crippen molar-refractivity contribution in [3.05, 3.63) is 29.8 Å². The summed E-state index contributed by atoms with van der Waals surface area (Å²) in [4.78, 5) is 47.9. The molecule has 5 atom stereocenters. The lowest BCUT2D eigenvalue weighted by Gasteiger charge is -2.23. The number of carbonyl (C=O) groups excluding carboxylic acids is 3. The van der Waals surface area contributed by atoms with E-state index in [1.807, 2.05) is 0 Å². The molecule has 1 aromatic rings. The average molecular weight is 457 g/mol. The first-order valence-corrected chi connectivity index (χ1v) is 10.1. The number of hydrogen-bond acceptors (Lipinski definition) is 8. The number of aliphatic hydroxyl groups excluding tert-OH is 1. The first-order chi connectivity index (χ1) is 14.5. The van der Waals surface area contributed by atoms with Gasteiger partial charge in [0.15, 0.2) is 6.04 Å². The lowest BCUT2D eigenvalue weighted by Crippen LogP contribution is -2.58. The summed E-state index contributed by atoms with van der Waals surface area (Å²) in [6.07, 6.45) is -1.18. The normalized spacial score (nSPS) is 15.6. The summed E-state index contributed by atoms with van der Waals surface area (Å²) < 4.78 is 0. The van der Waals surface area contributed by atoms with Crippen molar-refractivity contribution in [3.63, 3.8) is 0 Å². The van der Waals surface area contributed by atoms with Gasteiger partial charge in [0.05, 0.1) is 12.1 Å². The summed E-state index contributed by atoms with van der Waals surface area (Å²) in [5.74, 6) is -3.58. The second-order valence-electron chi connectivity index (χ2n) is 7.02. The maximum atomic E-state index is 12.4. The Morgan fingerprint density at radius 1 is 1.00 bits per heavy atom. The smallest absolute Gasteiger partial charge is 0.328 e. The Balaban J connectivity index is 2.64. The molecular weight excluding hydrogens is 428 g/mol. The quantitative estimate of drug-likeness (QED) is 0.178. The number of aromatic hydroxyl groups is 1. The monoisotopic (exact) mass is 456 g/mol. The van der Waals surface area contributed by atoms with Crippen LogP contribution in [0.2, 0.25) is 0 Å². The molecule has 0 aliphatic carbocycles. The highest BCUT2D eigenvalue weighted by Crippen LogP contribution is 2.11. The van der Waals surface area contributed by atoms with Crippen LogP contribution in [0, 0.1) is 0 Å². The molecule has 1 rings (SSSR count). The van der Waals surface area contributed by atoms with Gasteiger partial charge in [0, 0.05) is 5.75 Å². The molecule has 0 aliphatic rings. The molecule has 172 valence electrons. The number of nitrogens with one attached hydrogen (secondary N) is 3. The minimum atomic E-state index is -1.54. The predicted molar refractivity (Wildman–Crippen MR) is 114 cm³/mol. The third-order valence-corrected chi connectivity index (χ3v) is 4.71. The second kappa shape index (κ2) is 12.1. The Labute approximate surface area is 184 Å². The lowest BCUT2D eigenvalue weighted by atomic mass is 10.1. The number of thiol groups is 1. The van der Waals surface area contributed by atoms with Crippen LogP contribution in [0.3, 0.4) is 0 Å². The van der Waals surface area contributed by atoms with Gasteiger partial charge in [-0.25, -0.2) is 4.79 Å². The number of hydrogen-bond donors (Lipinski definition) is 8. The summed E-state index contributed by atoms with van der Waals surface area (Å²) in [7, 11) is 0. The zero-order chi connectivity index (χ0) is 23.7. The fourth-order valence-corrected chi connectivity index (χ4v) is 2.76. The molecule has 0 saturated carbocycles. The Kier molecular flexibility index (Phi) is 10.3. The molecule has 0 bridgehead atoms. The number of nitrogens with two attached hydrogens (primary N) is 1. The molecule has 0 aliphatic heterocycles. The van der Waals surface area contributed by atoms with Crippen molar-refractivity contribution in [3.8, 4) is 5.75 Å². The maximum Gasteiger partial charge on any atom is 0.328 e. The summed E-state index contributed by atoms with van der Waals surface area (Å²) in [5, 5.41) is 34.7. The number of aliphatic hydroxyl groups is 1. The molecule has 0 aromatic heterocycles. The molecule has 0 saturated heterocycles. The van der Waals surface area contributed by atoms with Gasteiger partial charge in [0.2, 0.25) is 17.7 Å². The van der Waals surface area contributed by atoms with Crippen molar-refractivity contribution in [2.75, 3.05) is 5.75 Å². The van der Waals surface area contributed by atoms with Gasteiger partial charge >= 0.3 is 5.97 Å². The van der Waals surface area contributed by atoms with Gasteiger partial charge in [-0.15, -0.1) is 0 Å². The molecule has 0 spiro atoms. The van der Waals surface area contributed by atoms with Gasteiger partial charge < -0.3 is 37.0 Å². The highest BCUT2D eigenvalue weighted by atomic mass is 32.1. The van der Waals surface area contributed by atoms with Crippen LogP contribution in [-0.2, 0) is 25.6 Å². The fraction of sp³-hybridized carbons (Fsp3) is 0.474. The van der Waals surface area contributed by atoms with Crippen LogP contribution in [-0.4, -0.2) is 75.0 Å². The average Bonchev–Trinajstić information content (AvgIpc) is 2.70. The molecule has 0 heterocycles. The lowest BCUT2D eigenvalue weighted by molar-refractivity contribution is -0.145. The van der Waals surface area contributed by atoms with E-state index in [4.69, 9.17) is 10.8 Å². The third-order valence-electron chi connectivity index (χ3n) is 4.34. The number of carboxylic acids is 1. The number of carboxylic acid groups (broad SMARTS) is 1. The van der Waals surface area contributed by atoms with E-state index in [1.165, 1.54) is 26.0 Å². The number of amides is 3. The summed E-state index contributed by atoms with van der Waals surface area (Å²) >= 11 is 4.04. The second-order valence-corrected chi connectivity index (χ2v) is 7.38. The number of carbonyl (C=O) groups is 4. The Bertz CT molecular complexity index is 788. The molecule has 5 unspecified atom stereocenters. The van der Waals surface area contributed by atoms with Crippen LogP contribution < -0.4 is 21.7 Å². The summed E-state index contributed by atoms with van der Waals surface area (Å²) in [6, 6.07) is 1.41. The zero-order valence-electron chi connectivity index (χ0n) is 17.1. The van der Waals surface area contributed by atoms with Crippen LogP contribution in [0.1, 0.15) is 19.4 Å². The van der Waals surface area contributed by atoms with Crippen LogP contribution in [0.15, 0.2) is 24.3 Å². The van der Waals surface area contributed by atoms with Gasteiger partial charge in [0.1, 0.15) is 17.8 Å². The molecule has 11 nitrogen and oxygen atoms in total. The Morgan fingerprint density at radius 2 is 1.58 bits per heavy atom. The highest BCUT2D eigenvalue weighted by Gasteiger charge is 2.29. The van der Waals surface area contributed by atoms with Crippen molar-refractivity contribution >= 4 is 36.3 Å². The number of aliphatic carboxylic acids is 1. The molecular formula is C19H28N4O7S. The van der Waals surface area contributed by atoms with E-state index in [0.717, 1.165) is 0 Å². The number of phenolic OH excluding ortho intramolecular Hbond substituents is 1. The van der Waals surface area contributed by atoms with E-state index in [2.05, 4.69) is 28.6 Å².